The molecule has 2 aliphatic rings. The highest BCUT2D eigenvalue weighted by molar-refractivity contribution is 5.46. The lowest BCUT2D eigenvalue weighted by Crippen LogP contribution is -2.08. The minimum absolute atomic E-state index is 0.0381. The van der Waals surface area contributed by atoms with Crippen molar-refractivity contribution in [3.05, 3.63) is 45.6 Å². The normalized spacial score (nSPS) is 24.9. The van der Waals surface area contributed by atoms with E-state index in [0.717, 1.165) is 18.4 Å². The van der Waals surface area contributed by atoms with E-state index in [1.165, 1.54) is 5.57 Å². The fraction of sp³-hybridized carbons (Fsp3) is 0.500. The molecule has 2 unspecified atom stereocenters. The quantitative estimate of drug-likeness (QED) is 0.388. The Morgan fingerprint density at radius 2 is 2.44 bits per heavy atom. The summed E-state index contributed by atoms with van der Waals surface area (Å²) in [6.45, 7) is 1.88. The molecule has 0 radical (unpaired) electrons. The van der Waals surface area contributed by atoms with Gasteiger partial charge in [-0.15, -0.1) is 0 Å². The number of hydrogen-bond acceptors (Lipinski definition) is 1. The molecule has 2 rings (SSSR count). The maximum absolute atomic E-state index is 13.2. The maximum Gasteiger partial charge on any atom is 0.101 e. The number of nitrogens with zero attached hydrogens (tertiary/aromatic N) is 3. The van der Waals surface area contributed by atoms with Gasteiger partial charge in [0.05, 0.1) is 0 Å². The average molecular weight is 219 g/mol. The summed E-state index contributed by atoms with van der Waals surface area (Å²) in [6, 6.07) is -0.0510. The summed E-state index contributed by atoms with van der Waals surface area (Å²) in [5, 5.41) is 3.65. The van der Waals surface area contributed by atoms with E-state index in [-0.39, 0.29) is 17.8 Å². The Morgan fingerprint density at radius 1 is 1.62 bits per heavy atom. The zero-order valence-electron chi connectivity index (χ0n) is 9.23. The highest BCUT2D eigenvalue weighted by Crippen LogP contribution is 2.37. The molecule has 2 atom stereocenters. The second kappa shape index (κ2) is 4.54. The summed E-state index contributed by atoms with van der Waals surface area (Å²) in [4.78, 5) is 2.79. The van der Waals surface area contributed by atoms with Crippen LogP contribution in [0.15, 0.2) is 40.3 Å². The third kappa shape index (κ3) is 2.17. The summed E-state index contributed by atoms with van der Waals surface area (Å²) < 4.78 is 13.2. The Kier molecular flexibility index (Phi) is 3.11. The Morgan fingerprint density at radius 3 is 3.19 bits per heavy atom. The van der Waals surface area contributed by atoms with E-state index in [0.29, 0.717) is 6.42 Å². The average Bonchev–Trinajstić information content (AvgIpc) is 2.61. The molecule has 0 aromatic rings. The Hall–Kier alpha value is -1.54. The summed E-state index contributed by atoms with van der Waals surface area (Å²) in [5.41, 5.74) is 10.7. The van der Waals surface area contributed by atoms with E-state index in [1.807, 2.05) is 6.92 Å². The van der Waals surface area contributed by atoms with Crippen molar-refractivity contribution in [2.24, 2.45) is 11.0 Å². The monoisotopic (exact) mass is 219 g/mol. The van der Waals surface area contributed by atoms with Crippen molar-refractivity contribution in [2.45, 2.75) is 32.2 Å². The van der Waals surface area contributed by atoms with Crippen molar-refractivity contribution >= 4 is 0 Å². The second-order valence-electron chi connectivity index (χ2n) is 4.33. The van der Waals surface area contributed by atoms with Gasteiger partial charge in [-0.3, -0.25) is 0 Å². The molecule has 4 heteroatoms. The van der Waals surface area contributed by atoms with Crippen LogP contribution in [0.1, 0.15) is 26.2 Å². The minimum Gasteiger partial charge on any atom is -0.212 e. The largest absolute Gasteiger partial charge is 0.212 e. The molecule has 3 nitrogen and oxygen atoms in total. The molecule has 0 aromatic heterocycles. The van der Waals surface area contributed by atoms with Gasteiger partial charge in [0, 0.05) is 23.3 Å². The van der Waals surface area contributed by atoms with Gasteiger partial charge in [-0.05, 0) is 35.6 Å². The van der Waals surface area contributed by atoms with Gasteiger partial charge in [0.25, 0.3) is 0 Å². The molecular formula is C12H14FN3. The van der Waals surface area contributed by atoms with Gasteiger partial charge >= 0.3 is 0 Å². The smallest absolute Gasteiger partial charge is 0.101 e. The molecule has 0 N–H and O–H groups in total. The molecule has 0 fully saturated rings. The first-order valence-electron chi connectivity index (χ1n) is 5.52. The van der Waals surface area contributed by atoms with Crippen LogP contribution in [0.25, 0.3) is 10.4 Å². The molecule has 0 saturated carbocycles. The zero-order valence-corrected chi connectivity index (χ0v) is 9.23. The molecule has 0 saturated heterocycles. The predicted octanol–water partition coefficient (Wildman–Crippen LogP) is 4.21. The van der Waals surface area contributed by atoms with Crippen molar-refractivity contribution in [1.29, 1.82) is 0 Å². The third-order valence-electron chi connectivity index (χ3n) is 3.09. The van der Waals surface area contributed by atoms with Gasteiger partial charge in [-0.25, -0.2) is 4.39 Å². The second-order valence-corrected chi connectivity index (χ2v) is 4.33. The Bertz CT molecular complexity index is 428. The number of halogens is 1. The van der Waals surface area contributed by atoms with Crippen LogP contribution in [0.5, 0.6) is 0 Å². The molecule has 16 heavy (non-hydrogen) atoms. The van der Waals surface area contributed by atoms with Crippen molar-refractivity contribution in [2.75, 3.05) is 0 Å². The summed E-state index contributed by atoms with van der Waals surface area (Å²) in [5.74, 6) is 0.172. The topological polar surface area (TPSA) is 48.8 Å². The molecule has 2 aliphatic carbocycles. The van der Waals surface area contributed by atoms with E-state index in [4.69, 9.17) is 5.53 Å². The van der Waals surface area contributed by atoms with E-state index < -0.39 is 0 Å². The van der Waals surface area contributed by atoms with Gasteiger partial charge in [0.2, 0.25) is 0 Å². The molecule has 0 amide bonds. The maximum atomic E-state index is 13.2. The first-order valence-corrected chi connectivity index (χ1v) is 5.52. The van der Waals surface area contributed by atoms with E-state index in [9.17, 15) is 4.39 Å². The van der Waals surface area contributed by atoms with Crippen molar-refractivity contribution < 1.29 is 4.39 Å². The zero-order chi connectivity index (χ0) is 11.5. The van der Waals surface area contributed by atoms with E-state index in [2.05, 4.69) is 22.2 Å². The summed E-state index contributed by atoms with van der Waals surface area (Å²) >= 11 is 0. The first-order chi connectivity index (χ1) is 7.70. The molecule has 0 aromatic carbocycles. The van der Waals surface area contributed by atoms with E-state index >= 15 is 0 Å². The van der Waals surface area contributed by atoms with Crippen molar-refractivity contribution in [1.82, 2.24) is 0 Å². The van der Waals surface area contributed by atoms with Crippen LogP contribution in [-0.2, 0) is 0 Å². The van der Waals surface area contributed by atoms with Crippen LogP contribution in [0.2, 0.25) is 0 Å². The standard InChI is InChI=1S/C12H14FN3/c1-8(15-16-14)6-10-3-2-9-4-5-11(13)7-12(9)10/h2-3,7-8,10H,4-6H2,1H3. The van der Waals surface area contributed by atoms with Crippen LogP contribution in [0.4, 0.5) is 4.39 Å². The third-order valence-corrected chi connectivity index (χ3v) is 3.09. The molecular weight excluding hydrogens is 205 g/mol. The van der Waals surface area contributed by atoms with Gasteiger partial charge in [-0.2, -0.15) is 0 Å². The number of allylic oxidation sites excluding steroid dienone is 6. The van der Waals surface area contributed by atoms with Crippen LogP contribution in [0, 0.1) is 5.92 Å². The lowest BCUT2D eigenvalue weighted by Gasteiger charge is -2.17. The molecule has 84 valence electrons. The summed E-state index contributed by atoms with van der Waals surface area (Å²) in [6.07, 6.45) is 7.87. The van der Waals surface area contributed by atoms with Crippen LogP contribution >= 0.6 is 0 Å². The number of rotatable bonds is 3. The van der Waals surface area contributed by atoms with Gasteiger partial charge in [0.1, 0.15) is 5.83 Å². The number of azide groups is 1. The van der Waals surface area contributed by atoms with Gasteiger partial charge in [0.15, 0.2) is 0 Å². The van der Waals surface area contributed by atoms with Crippen LogP contribution in [-0.4, -0.2) is 6.04 Å². The fourth-order valence-electron chi connectivity index (χ4n) is 2.30. The summed E-state index contributed by atoms with van der Waals surface area (Å²) in [7, 11) is 0. The van der Waals surface area contributed by atoms with Gasteiger partial charge in [-0.1, -0.05) is 24.2 Å². The van der Waals surface area contributed by atoms with Crippen molar-refractivity contribution in [3.63, 3.8) is 0 Å². The molecule has 0 spiro atoms. The van der Waals surface area contributed by atoms with Crippen LogP contribution < -0.4 is 0 Å². The molecule has 0 bridgehead atoms. The van der Waals surface area contributed by atoms with Crippen LogP contribution in [0.3, 0.4) is 0 Å². The number of hydrogen-bond donors (Lipinski definition) is 0. The van der Waals surface area contributed by atoms with Gasteiger partial charge < -0.3 is 0 Å². The van der Waals surface area contributed by atoms with Crippen molar-refractivity contribution in [3.8, 4) is 0 Å². The first kappa shape index (κ1) is 11.0. The minimum atomic E-state index is -0.0510. The molecule has 0 heterocycles. The lowest BCUT2D eigenvalue weighted by molar-refractivity contribution is 0.557. The Labute approximate surface area is 94.0 Å². The fourth-order valence-corrected chi connectivity index (χ4v) is 2.30. The molecule has 0 aliphatic heterocycles. The highest BCUT2D eigenvalue weighted by atomic mass is 19.1. The predicted molar refractivity (Wildman–Crippen MR) is 61.3 cm³/mol. The Balaban J connectivity index is 2.11. The SMILES string of the molecule is CC(CC1C=CC2=C1C=C(F)CC2)N=[N+]=[N-]. The lowest BCUT2D eigenvalue weighted by atomic mass is 9.90. The highest BCUT2D eigenvalue weighted by Gasteiger charge is 2.23. The van der Waals surface area contributed by atoms with E-state index in [1.54, 1.807) is 6.08 Å².